The first kappa shape index (κ1) is 18.7. The van der Waals surface area contributed by atoms with Crippen molar-refractivity contribution in [1.29, 1.82) is 0 Å². The zero-order valence-electron chi connectivity index (χ0n) is 14.3. The zero-order chi connectivity index (χ0) is 16.2. The summed E-state index contributed by atoms with van der Waals surface area (Å²) in [6.45, 7) is 7.62. The van der Waals surface area contributed by atoms with E-state index in [0.717, 1.165) is 18.5 Å². The molecule has 1 rings (SSSR count). The molecule has 0 aliphatic rings. The number of benzene rings is 1. The minimum absolute atomic E-state index is 0.113. The second-order valence-electron chi connectivity index (χ2n) is 5.77. The van der Waals surface area contributed by atoms with Crippen molar-refractivity contribution in [3.05, 3.63) is 35.9 Å². The highest BCUT2D eigenvalue weighted by Gasteiger charge is 2.19. The van der Waals surface area contributed by atoms with Gasteiger partial charge in [0.25, 0.3) is 0 Å². The normalized spacial score (nSPS) is 12.4. The van der Waals surface area contributed by atoms with Gasteiger partial charge in [-0.15, -0.1) is 0 Å². The Balaban J connectivity index is 2.35. The molecule has 1 aromatic rings. The van der Waals surface area contributed by atoms with Crippen molar-refractivity contribution in [2.45, 2.75) is 64.8 Å². The van der Waals surface area contributed by atoms with Gasteiger partial charge >= 0.3 is 5.97 Å². The lowest BCUT2D eigenvalue weighted by atomic mass is 9.97. The second-order valence-corrected chi connectivity index (χ2v) is 5.77. The average Bonchev–Trinajstić information content (AvgIpc) is 2.53. The molecule has 0 spiro atoms. The van der Waals surface area contributed by atoms with Crippen LogP contribution in [-0.2, 0) is 9.53 Å². The predicted molar refractivity (Wildman–Crippen MR) is 92.0 cm³/mol. The fourth-order valence-electron chi connectivity index (χ4n) is 2.78. The Kier molecular flexibility index (Phi) is 9.56. The van der Waals surface area contributed by atoms with E-state index in [1.807, 2.05) is 37.3 Å². The molecule has 0 heterocycles. The summed E-state index contributed by atoms with van der Waals surface area (Å²) in [5.74, 6) is -0.263. The number of esters is 1. The first-order valence-electron chi connectivity index (χ1n) is 8.67. The smallest absolute Gasteiger partial charge is 0.313 e. The van der Waals surface area contributed by atoms with Crippen LogP contribution in [0.5, 0.6) is 0 Å². The van der Waals surface area contributed by atoms with Crippen LogP contribution in [0.3, 0.4) is 0 Å². The minimum Gasteiger partial charge on any atom is -0.464 e. The van der Waals surface area contributed by atoms with E-state index in [1.54, 1.807) is 0 Å². The predicted octanol–water partition coefficient (Wildman–Crippen LogP) is 4.28. The molecule has 3 heteroatoms. The lowest BCUT2D eigenvalue weighted by Gasteiger charge is -2.18. The molecule has 0 aliphatic carbocycles. The Bertz CT molecular complexity index is 399. The first-order valence-corrected chi connectivity index (χ1v) is 8.67. The van der Waals surface area contributed by atoms with Crippen LogP contribution >= 0.6 is 0 Å². The monoisotopic (exact) mass is 305 g/mol. The minimum atomic E-state index is -0.150. The van der Waals surface area contributed by atoms with Gasteiger partial charge < -0.3 is 10.1 Å². The standard InChI is InChI=1S/C19H31NO2/c1-4-10-17(11-5-2)20-14-15-22-19(21)18(6-3)16-12-8-7-9-13-16/h7-9,12-13,17-18,20H,4-6,10-11,14-15H2,1-3H3/t18-/m0/s1. The topological polar surface area (TPSA) is 38.3 Å². The van der Waals surface area contributed by atoms with Gasteiger partial charge in [0, 0.05) is 12.6 Å². The van der Waals surface area contributed by atoms with Gasteiger partial charge in [0.05, 0.1) is 5.92 Å². The molecule has 0 aromatic heterocycles. The van der Waals surface area contributed by atoms with Gasteiger partial charge in [-0.25, -0.2) is 0 Å². The molecule has 0 aliphatic heterocycles. The van der Waals surface area contributed by atoms with Crippen molar-refractivity contribution in [3.63, 3.8) is 0 Å². The van der Waals surface area contributed by atoms with E-state index in [4.69, 9.17) is 4.74 Å². The molecule has 22 heavy (non-hydrogen) atoms. The number of rotatable bonds is 11. The Hall–Kier alpha value is -1.35. The van der Waals surface area contributed by atoms with E-state index >= 15 is 0 Å². The summed E-state index contributed by atoms with van der Waals surface area (Å²) in [6, 6.07) is 10.4. The number of ether oxygens (including phenoxy) is 1. The molecule has 0 amide bonds. The fraction of sp³-hybridized carbons (Fsp3) is 0.632. The van der Waals surface area contributed by atoms with E-state index in [0.29, 0.717) is 12.6 Å². The van der Waals surface area contributed by atoms with Crippen LogP contribution in [0.2, 0.25) is 0 Å². The van der Waals surface area contributed by atoms with Crippen LogP contribution in [-0.4, -0.2) is 25.2 Å². The lowest BCUT2D eigenvalue weighted by molar-refractivity contribution is -0.145. The molecule has 3 nitrogen and oxygen atoms in total. The van der Waals surface area contributed by atoms with Crippen molar-refractivity contribution in [3.8, 4) is 0 Å². The highest BCUT2D eigenvalue weighted by Crippen LogP contribution is 2.20. The molecule has 1 atom stereocenters. The molecule has 0 saturated carbocycles. The molecule has 0 bridgehead atoms. The van der Waals surface area contributed by atoms with Crippen LogP contribution in [0.15, 0.2) is 30.3 Å². The Morgan fingerprint density at radius 3 is 2.27 bits per heavy atom. The SMILES string of the molecule is CCCC(CCC)NCCOC(=O)[C@@H](CC)c1ccccc1. The van der Waals surface area contributed by atoms with Crippen LogP contribution in [0, 0.1) is 0 Å². The maximum Gasteiger partial charge on any atom is 0.313 e. The summed E-state index contributed by atoms with van der Waals surface area (Å²) in [4.78, 5) is 12.2. The number of hydrogen-bond donors (Lipinski definition) is 1. The number of carbonyl (C=O) groups is 1. The van der Waals surface area contributed by atoms with Crippen molar-refractivity contribution in [2.75, 3.05) is 13.2 Å². The number of carbonyl (C=O) groups excluding carboxylic acids is 1. The van der Waals surface area contributed by atoms with Crippen molar-refractivity contribution < 1.29 is 9.53 Å². The molecular weight excluding hydrogens is 274 g/mol. The summed E-state index contributed by atoms with van der Waals surface area (Å²) in [6.07, 6.45) is 5.50. The van der Waals surface area contributed by atoms with Gasteiger partial charge in [0.15, 0.2) is 0 Å². The van der Waals surface area contributed by atoms with Gasteiger partial charge in [0.2, 0.25) is 0 Å². The average molecular weight is 305 g/mol. The molecule has 124 valence electrons. The van der Waals surface area contributed by atoms with Gasteiger partial charge in [0.1, 0.15) is 6.61 Å². The van der Waals surface area contributed by atoms with Crippen LogP contribution < -0.4 is 5.32 Å². The molecule has 1 N–H and O–H groups in total. The third-order valence-corrected chi connectivity index (χ3v) is 3.95. The van der Waals surface area contributed by atoms with E-state index < -0.39 is 0 Å². The Morgan fingerprint density at radius 2 is 1.73 bits per heavy atom. The van der Waals surface area contributed by atoms with Crippen LogP contribution in [0.1, 0.15) is 64.4 Å². The third kappa shape index (κ3) is 6.61. The summed E-state index contributed by atoms with van der Waals surface area (Å²) in [5.41, 5.74) is 1.04. The van der Waals surface area contributed by atoms with Gasteiger partial charge in [-0.05, 0) is 24.8 Å². The van der Waals surface area contributed by atoms with E-state index in [2.05, 4.69) is 19.2 Å². The molecule has 1 aromatic carbocycles. The zero-order valence-corrected chi connectivity index (χ0v) is 14.3. The lowest BCUT2D eigenvalue weighted by Crippen LogP contribution is -2.32. The molecular formula is C19H31NO2. The second kappa shape index (κ2) is 11.2. The molecule has 0 unspecified atom stereocenters. The van der Waals surface area contributed by atoms with E-state index in [9.17, 15) is 4.79 Å². The number of nitrogens with one attached hydrogen (secondary N) is 1. The molecule has 0 saturated heterocycles. The maximum atomic E-state index is 12.2. The maximum absolute atomic E-state index is 12.2. The van der Waals surface area contributed by atoms with Gasteiger partial charge in [-0.1, -0.05) is 63.9 Å². The Morgan fingerprint density at radius 1 is 1.09 bits per heavy atom. The van der Waals surface area contributed by atoms with Crippen molar-refractivity contribution in [2.24, 2.45) is 0 Å². The highest BCUT2D eigenvalue weighted by molar-refractivity contribution is 5.78. The van der Waals surface area contributed by atoms with Crippen molar-refractivity contribution >= 4 is 5.97 Å². The van der Waals surface area contributed by atoms with Gasteiger partial charge in [-0.3, -0.25) is 4.79 Å². The van der Waals surface area contributed by atoms with Crippen LogP contribution in [0.25, 0.3) is 0 Å². The highest BCUT2D eigenvalue weighted by atomic mass is 16.5. The van der Waals surface area contributed by atoms with E-state index in [-0.39, 0.29) is 11.9 Å². The van der Waals surface area contributed by atoms with E-state index in [1.165, 1.54) is 25.7 Å². The first-order chi connectivity index (χ1) is 10.7. The Labute approximate surface area is 135 Å². The number of hydrogen-bond acceptors (Lipinski definition) is 3. The van der Waals surface area contributed by atoms with Crippen molar-refractivity contribution in [1.82, 2.24) is 5.32 Å². The summed E-state index contributed by atoms with van der Waals surface area (Å²) < 4.78 is 5.45. The molecule has 0 fully saturated rings. The summed E-state index contributed by atoms with van der Waals surface area (Å²) >= 11 is 0. The molecule has 0 radical (unpaired) electrons. The largest absolute Gasteiger partial charge is 0.464 e. The van der Waals surface area contributed by atoms with Gasteiger partial charge in [-0.2, -0.15) is 0 Å². The third-order valence-electron chi connectivity index (χ3n) is 3.95. The summed E-state index contributed by atoms with van der Waals surface area (Å²) in [7, 11) is 0. The van der Waals surface area contributed by atoms with Crippen LogP contribution in [0.4, 0.5) is 0 Å². The quantitative estimate of drug-likeness (QED) is 0.490. The fourth-order valence-corrected chi connectivity index (χ4v) is 2.78. The summed E-state index contributed by atoms with van der Waals surface area (Å²) in [5, 5.41) is 3.50.